The number of para-hydroxylation sites is 2. The number of fused-ring (bicyclic) bond motifs is 1. The van der Waals surface area contributed by atoms with Crippen molar-refractivity contribution in [1.29, 1.82) is 0 Å². The quantitative estimate of drug-likeness (QED) is 0.874. The molecule has 2 atom stereocenters. The molecule has 1 aliphatic rings. The van der Waals surface area contributed by atoms with E-state index in [2.05, 4.69) is 55.0 Å². The molecule has 0 amide bonds. The fraction of sp³-hybridized carbons (Fsp3) is 0.588. The van der Waals surface area contributed by atoms with Crippen LogP contribution in [0.25, 0.3) is 11.0 Å². The van der Waals surface area contributed by atoms with E-state index in [9.17, 15) is 0 Å². The van der Waals surface area contributed by atoms with Crippen LogP contribution in [0.1, 0.15) is 32.5 Å². The Bertz CT molecular complexity index is 583. The van der Waals surface area contributed by atoms with Gasteiger partial charge in [0, 0.05) is 19.5 Å². The van der Waals surface area contributed by atoms with Crippen LogP contribution in [0, 0.1) is 11.8 Å². The third kappa shape index (κ3) is 2.88. The molecule has 108 valence electrons. The lowest BCUT2D eigenvalue weighted by Crippen LogP contribution is -2.28. The molecule has 2 unspecified atom stereocenters. The maximum Gasteiger partial charge on any atom is 0.109 e. The maximum absolute atomic E-state index is 4.78. The third-order valence-corrected chi connectivity index (χ3v) is 4.66. The predicted molar refractivity (Wildman–Crippen MR) is 83.8 cm³/mol. The lowest BCUT2D eigenvalue weighted by molar-refractivity contribution is 0.357. The molecule has 1 N–H and O–H groups in total. The van der Waals surface area contributed by atoms with Gasteiger partial charge in [0.1, 0.15) is 5.82 Å². The van der Waals surface area contributed by atoms with Crippen LogP contribution in [0.5, 0.6) is 0 Å². The zero-order chi connectivity index (χ0) is 14.1. The molecule has 1 fully saturated rings. The van der Waals surface area contributed by atoms with Gasteiger partial charge in [-0.2, -0.15) is 0 Å². The molecule has 1 heterocycles. The van der Waals surface area contributed by atoms with Crippen LogP contribution in [0.3, 0.4) is 0 Å². The first-order valence-electron chi connectivity index (χ1n) is 7.79. The van der Waals surface area contributed by atoms with Crippen molar-refractivity contribution in [1.82, 2.24) is 14.9 Å². The van der Waals surface area contributed by atoms with Crippen LogP contribution in [-0.2, 0) is 13.5 Å². The molecule has 3 nitrogen and oxygen atoms in total. The molecule has 20 heavy (non-hydrogen) atoms. The smallest absolute Gasteiger partial charge is 0.109 e. The predicted octanol–water partition coefficient (Wildman–Crippen LogP) is 3.14. The van der Waals surface area contributed by atoms with Gasteiger partial charge in [0.25, 0.3) is 0 Å². The number of imidazole rings is 1. The van der Waals surface area contributed by atoms with E-state index in [1.54, 1.807) is 0 Å². The highest BCUT2D eigenvalue weighted by Gasteiger charge is 2.23. The van der Waals surface area contributed by atoms with Gasteiger partial charge in [-0.15, -0.1) is 0 Å². The lowest BCUT2D eigenvalue weighted by Gasteiger charge is -2.20. The van der Waals surface area contributed by atoms with E-state index in [1.165, 1.54) is 24.2 Å². The molecule has 1 aliphatic carbocycles. The molecule has 0 radical (unpaired) electrons. The second-order valence-corrected chi connectivity index (χ2v) is 6.42. The van der Waals surface area contributed by atoms with Crippen molar-refractivity contribution in [3.63, 3.8) is 0 Å². The van der Waals surface area contributed by atoms with Crippen molar-refractivity contribution in [3.8, 4) is 0 Å². The standard InChI is InChI=1S/C17H25N3/c1-12(13(2)11-18-14-8-9-14)10-17-19-15-6-4-5-7-16(15)20(17)3/h4-7,12-14,18H,8-11H2,1-3H3. The Labute approximate surface area is 121 Å². The molecule has 3 rings (SSSR count). The van der Waals surface area contributed by atoms with Crippen LogP contribution >= 0.6 is 0 Å². The van der Waals surface area contributed by atoms with Gasteiger partial charge >= 0.3 is 0 Å². The Morgan fingerprint density at radius 1 is 1.25 bits per heavy atom. The molecule has 3 heteroatoms. The maximum atomic E-state index is 4.78. The molecule has 1 saturated carbocycles. The van der Waals surface area contributed by atoms with E-state index in [1.807, 2.05) is 0 Å². The Morgan fingerprint density at radius 2 is 2.00 bits per heavy atom. The summed E-state index contributed by atoms with van der Waals surface area (Å²) in [6, 6.07) is 9.20. The van der Waals surface area contributed by atoms with Crippen molar-refractivity contribution in [2.75, 3.05) is 6.54 Å². The largest absolute Gasteiger partial charge is 0.331 e. The minimum Gasteiger partial charge on any atom is -0.331 e. The number of hydrogen-bond acceptors (Lipinski definition) is 2. The molecule has 0 bridgehead atoms. The summed E-state index contributed by atoms with van der Waals surface area (Å²) in [6.07, 6.45) is 3.79. The molecular formula is C17H25N3. The lowest BCUT2D eigenvalue weighted by atomic mass is 9.92. The summed E-state index contributed by atoms with van der Waals surface area (Å²) in [6.45, 7) is 5.83. The van der Waals surface area contributed by atoms with E-state index >= 15 is 0 Å². The summed E-state index contributed by atoms with van der Waals surface area (Å²) in [5.74, 6) is 2.55. The first-order chi connectivity index (χ1) is 9.65. The van der Waals surface area contributed by atoms with E-state index in [0.717, 1.165) is 24.5 Å². The van der Waals surface area contributed by atoms with Crippen LogP contribution in [0.4, 0.5) is 0 Å². The number of hydrogen-bond donors (Lipinski definition) is 1. The van der Waals surface area contributed by atoms with Crippen molar-refractivity contribution in [2.45, 2.75) is 39.2 Å². The topological polar surface area (TPSA) is 29.9 Å². The van der Waals surface area contributed by atoms with Crippen LogP contribution in [-0.4, -0.2) is 22.1 Å². The number of aromatic nitrogens is 2. The zero-order valence-corrected chi connectivity index (χ0v) is 12.8. The second kappa shape index (κ2) is 5.57. The monoisotopic (exact) mass is 271 g/mol. The van der Waals surface area contributed by atoms with Gasteiger partial charge in [-0.3, -0.25) is 0 Å². The van der Waals surface area contributed by atoms with Crippen molar-refractivity contribution < 1.29 is 0 Å². The van der Waals surface area contributed by atoms with E-state index in [4.69, 9.17) is 4.98 Å². The van der Waals surface area contributed by atoms with E-state index in [0.29, 0.717) is 11.8 Å². The summed E-state index contributed by atoms with van der Waals surface area (Å²) in [5.41, 5.74) is 2.35. The Kier molecular flexibility index (Phi) is 3.79. The summed E-state index contributed by atoms with van der Waals surface area (Å²) < 4.78 is 2.24. The first kappa shape index (κ1) is 13.6. The number of benzene rings is 1. The summed E-state index contributed by atoms with van der Waals surface area (Å²) in [4.78, 5) is 4.78. The van der Waals surface area contributed by atoms with Gasteiger partial charge < -0.3 is 9.88 Å². The van der Waals surface area contributed by atoms with Crippen LogP contribution in [0.2, 0.25) is 0 Å². The molecular weight excluding hydrogens is 246 g/mol. The van der Waals surface area contributed by atoms with Crippen molar-refractivity contribution in [3.05, 3.63) is 30.1 Å². The number of nitrogens with zero attached hydrogens (tertiary/aromatic N) is 2. The van der Waals surface area contributed by atoms with Gasteiger partial charge in [-0.25, -0.2) is 4.98 Å². The molecule has 0 saturated heterocycles. The Hall–Kier alpha value is -1.35. The van der Waals surface area contributed by atoms with Crippen LogP contribution in [0.15, 0.2) is 24.3 Å². The van der Waals surface area contributed by atoms with Gasteiger partial charge in [0.2, 0.25) is 0 Å². The fourth-order valence-electron chi connectivity index (χ4n) is 2.71. The third-order valence-electron chi connectivity index (χ3n) is 4.66. The summed E-state index contributed by atoms with van der Waals surface area (Å²) in [5, 5.41) is 3.64. The summed E-state index contributed by atoms with van der Waals surface area (Å²) >= 11 is 0. The Balaban J connectivity index is 1.66. The zero-order valence-electron chi connectivity index (χ0n) is 12.8. The average Bonchev–Trinajstić information content (AvgIpc) is 3.23. The number of aryl methyl sites for hydroxylation is 1. The van der Waals surface area contributed by atoms with Gasteiger partial charge in [0.15, 0.2) is 0 Å². The molecule has 0 spiro atoms. The number of nitrogens with one attached hydrogen (secondary N) is 1. The Morgan fingerprint density at radius 3 is 2.70 bits per heavy atom. The van der Waals surface area contributed by atoms with Gasteiger partial charge in [-0.05, 0) is 43.4 Å². The second-order valence-electron chi connectivity index (χ2n) is 6.42. The van der Waals surface area contributed by atoms with Crippen molar-refractivity contribution in [2.24, 2.45) is 18.9 Å². The summed E-state index contributed by atoms with van der Waals surface area (Å²) in [7, 11) is 2.13. The highest BCUT2D eigenvalue weighted by molar-refractivity contribution is 5.75. The SMILES string of the molecule is CC(CNC1CC1)C(C)Cc1nc2ccccc2n1C. The van der Waals surface area contributed by atoms with Crippen LogP contribution < -0.4 is 5.32 Å². The van der Waals surface area contributed by atoms with Gasteiger partial charge in [-0.1, -0.05) is 26.0 Å². The number of rotatable bonds is 6. The molecule has 1 aromatic heterocycles. The fourth-order valence-corrected chi connectivity index (χ4v) is 2.71. The average molecular weight is 271 g/mol. The normalized spacial score (nSPS) is 18.4. The van der Waals surface area contributed by atoms with Crippen molar-refractivity contribution >= 4 is 11.0 Å². The first-order valence-corrected chi connectivity index (χ1v) is 7.79. The van der Waals surface area contributed by atoms with Gasteiger partial charge in [0.05, 0.1) is 11.0 Å². The van der Waals surface area contributed by atoms with E-state index < -0.39 is 0 Å². The minimum absolute atomic E-state index is 0.650. The highest BCUT2D eigenvalue weighted by atomic mass is 15.1. The molecule has 0 aliphatic heterocycles. The molecule has 1 aromatic carbocycles. The molecule has 2 aromatic rings. The van der Waals surface area contributed by atoms with E-state index in [-0.39, 0.29) is 0 Å². The highest BCUT2D eigenvalue weighted by Crippen LogP contribution is 2.22. The minimum atomic E-state index is 0.650.